The molecule has 1 fully saturated rings. The molecule has 19 heavy (non-hydrogen) atoms. The minimum absolute atomic E-state index is 0.0549. The predicted octanol–water partition coefficient (Wildman–Crippen LogP) is 3.40. The summed E-state index contributed by atoms with van der Waals surface area (Å²) in [4.78, 5) is 11.0. The first kappa shape index (κ1) is 12.7. The van der Waals surface area contributed by atoms with Crippen molar-refractivity contribution >= 4 is 6.29 Å². The summed E-state index contributed by atoms with van der Waals surface area (Å²) < 4.78 is 5.91. The van der Waals surface area contributed by atoms with E-state index in [1.807, 2.05) is 0 Å². The third kappa shape index (κ3) is 1.73. The van der Waals surface area contributed by atoms with Gasteiger partial charge in [-0.05, 0) is 24.0 Å². The van der Waals surface area contributed by atoms with Gasteiger partial charge in [0.25, 0.3) is 0 Å². The van der Waals surface area contributed by atoms with Crippen LogP contribution in [0.4, 0.5) is 0 Å². The van der Waals surface area contributed by atoms with Gasteiger partial charge >= 0.3 is 0 Å². The van der Waals surface area contributed by atoms with Gasteiger partial charge in [-0.3, -0.25) is 0 Å². The second-order valence-electron chi connectivity index (χ2n) is 6.90. The molecule has 0 saturated heterocycles. The molecule has 1 aliphatic heterocycles. The average Bonchev–Trinajstić information content (AvgIpc) is 2.98. The molecule has 2 aliphatic rings. The molecule has 0 unspecified atom stereocenters. The molecule has 1 saturated carbocycles. The van der Waals surface area contributed by atoms with Crippen molar-refractivity contribution in [2.24, 2.45) is 5.92 Å². The first-order chi connectivity index (χ1) is 8.92. The molecule has 1 aromatic carbocycles. The molecule has 0 radical (unpaired) electrons. The highest BCUT2D eigenvalue weighted by Crippen LogP contribution is 2.55. The first-order valence-electron chi connectivity index (χ1n) is 7.18. The smallest absolute Gasteiger partial charge is 0.126 e. The minimum atomic E-state index is 0.0549. The topological polar surface area (TPSA) is 26.3 Å². The highest BCUT2D eigenvalue weighted by atomic mass is 16.5. The highest BCUT2D eigenvalue weighted by molar-refractivity contribution is 5.65. The van der Waals surface area contributed by atoms with Gasteiger partial charge in [-0.25, -0.2) is 0 Å². The van der Waals surface area contributed by atoms with Crippen molar-refractivity contribution in [3.8, 4) is 5.75 Å². The van der Waals surface area contributed by atoms with Crippen LogP contribution in [0.5, 0.6) is 5.75 Å². The molecule has 2 atom stereocenters. The van der Waals surface area contributed by atoms with E-state index in [2.05, 4.69) is 39.8 Å². The molecule has 2 nitrogen and oxygen atoms in total. The largest absolute Gasteiger partial charge is 0.492 e. The summed E-state index contributed by atoms with van der Waals surface area (Å²) in [6, 6.07) is 4.54. The molecule has 1 aromatic rings. The summed E-state index contributed by atoms with van der Waals surface area (Å²) in [5, 5.41) is 0. The van der Waals surface area contributed by atoms with Crippen LogP contribution in [0.3, 0.4) is 0 Å². The maximum atomic E-state index is 11.0. The van der Waals surface area contributed by atoms with Gasteiger partial charge in [0.2, 0.25) is 0 Å². The number of hydrogen-bond acceptors (Lipinski definition) is 2. The minimum Gasteiger partial charge on any atom is -0.492 e. The van der Waals surface area contributed by atoms with Crippen molar-refractivity contribution in [2.45, 2.75) is 51.4 Å². The van der Waals surface area contributed by atoms with Crippen LogP contribution in [0.2, 0.25) is 0 Å². The van der Waals surface area contributed by atoms with Crippen molar-refractivity contribution in [2.75, 3.05) is 6.61 Å². The fraction of sp³-hybridized carbons (Fsp3) is 0.588. The number of carbonyl (C=O) groups is 1. The Morgan fingerprint density at radius 2 is 2.11 bits per heavy atom. The van der Waals surface area contributed by atoms with Gasteiger partial charge in [0, 0.05) is 22.3 Å². The lowest BCUT2D eigenvalue weighted by Gasteiger charge is -2.19. The molecule has 1 aliphatic carbocycles. The fourth-order valence-corrected chi connectivity index (χ4v) is 3.21. The SMILES string of the molecule is CCc1cc([C@@]2(C)C[C@@H]2C=O)cc2c1OCC2(C)C. The molecule has 0 N–H and O–H groups in total. The zero-order valence-electron chi connectivity index (χ0n) is 12.2. The van der Waals surface area contributed by atoms with Gasteiger partial charge in [0.15, 0.2) is 0 Å². The number of benzene rings is 1. The maximum Gasteiger partial charge on any atom is 0.126 e. The Labute approximate surface area is 115 Å². The number of carbonyl (C=O) groups excluding carboxylic acids is 1. The molecular weight excluding hydrogens is 236 g/mol. The average molecular weight is 258 g/mol. The van der Waals surface area contributed by atoms with E-state index >= 15 is 0 Å². The van der Waals surface area contributed by atoms with Crippen molar-refractivity contribution in [3.63, 3.8) is 0 Å². The lowest BCUT2D eigenvalue weighted by Crippen LogP contribution is -2.19. The number of fused-ring (bicyclic) bond motifs is 1. The molecule has 1 heterocycles. The Kier molecular flexibility index (Phi) is 2.57. The van der Waals surface area contributed by atoms with E-state index in [1.165, 1.54) is 16.7 Å². The lowest BCUT2D eigenvalue weighted by atomic mass is 9.82. The van der Waals surface area contributed by atoms with E-state index in [0.717, 1.165) is 31.5 Å². The monoisotopic (exact) mass is 258 g/mol. The summed E-state index contributed by atoms with van der Waals surface area (Å²) in [6.07, 6.45) is 3.08. The van der Waals surface area contributed by atoms with Crippen LogP contribution in [0.1, 0.15) is 50.8 Å². The number of aldehydes is 1. The normalized spacial score (nSPS) is 30.6. The molecule has 2 heteroatoms. The zero-order valence-corrected chi connectivity index (χ0v) is 12.2. The van der Waals surface area contributed by atoms with E-state index in [4.69, 9.17) is 4.74 Å². The molecular formula is C17H22O2. The summed E-state index contributed by atoms with van der Waals surface area (Å²) >= 11 is 0. The lowest BCUT2D eigenvalue weighted by molar-refractivity contribution is -0.109. The Morgan fingerprint density at radius 1 is 1.37 bits per heavy atom. The van der Waals surface area contributed by atoms with Crippen LogP contribution < -0.4 is 4.74 Å². The van der Waals surface area contributed by atoms with Crippen LogP contribution in [-0.4, -0.2) is 12.9 Å². The van der Waals surface area contributed by atoms with Crippen molar-refractivity contribution in [3.05, 3.63) is 28.8 Å². The van der Waals surface area contributed by atoms with Crippen molar-refractivity contribution in [1.82, 2.24) is 0 Å². The highest BCUT2D eigenvalue weighted by Gasteiger charge is 2.52. The van der Waals surface area contributed by atoms with Gasteiger partial charge in [-0.15, -0.1) is 0 Å². The third-order valence-corrected chi connectivity index (χ3v) is 4.98. The summed E-state index contributed by atoms with van der Waals surface area (Å²) in [5.74, 6) is 1.28. The Hall–Kier alpha value is -1.31. The first-order valence-corrected chi connectivity index (χ1v) is 7.18. The Bertz CT molecular complexity index is 544. The molecule has 0 spiro atoms. The molecule has 0 aromatic heterocycles. The fourth-order valence-electron chi connectivity index (χ4n) is 3.21. The van der Waals surface area contributed by atoms with Crippen LogP contribution in [0.15, 0.2) is 12.1 Å². The third-order valence-electron chi connectivity index (χ3n) is 4.98. The van der Waals surface area contributed by atoms with Gasteiger partial charge in [0.05, 0.1) is 6.61 Å². The van der Waals surface area contributed by atoms with Crippen LogP contribution >= 0.6 is 0 Å². The number of rotatable bonds is 3. The standard InChI is InChI=1S/C17H22O2/c1-5-11-6-12(17(4)8-13(17)9-18)7-14-15(11)19-10-16(14,2)3/h6-7,9,13H,5,8,10H2,1-4H3/t13-,17-/m1/s1. The zero-order chi connectivity index (χ0) is 13.8. The van der Waals surface area contributed by atoms with E-state index in [-0.39, 0.29) is 16.7 Å². The van der Waals surface area contributed by atoms with Gasteiger partial charge < -0.3 is 9.53 Å². The predicted molar refractivity (Wildman–Crippen MR) is 75.9 cm³/mol. The second kappa shape index (κ2) is 3.84. The van der Waals surface area contributed by atoms with E-state index in [9.17, 15) is 4.79 Å². The summed E-state index contributed by atoms with van der Waals surface area (Å²) in [5.41, 5.74) is 4.06. The molecule has 3 rings (SSSR count). The molecule has 102 valence electrons. The van der Waals surface area contributed by atoms with E-state index in [0.29, 0.717) is 0 Å². The van der Waals surface area contributed by atoms with Crippen LogP contribution in [0.25, 0.3) is 0 Å². The summed E-state index contributed by atoms with van der Waals surface area (Å²) in [7, 11) is 0. The second-order valence-corrected chi connectivity index (χ2v) is 6.90. The van der Waals surface area contributed by atoms with Crippen molar-refractivity contribution in [1.29, 1.82) is 0 Å². The van der Waals surface area contributed by atoms with Crippen LogP contribution in [0, 0.1) is 5.92 Å². The van der Waals surface area contributed by atoms with E-state index < -0.39 is 0 Å². The number of hydrogen-bond donors (Lipinski definition) is 0. The van der Waals surface area contributed by atoms with Gasteiger partial charge in [-0.1, -0.05) is 39.8 Å². The van der Waals surface area contributed by atoms with Gasteiger partial charge in [0.1, 0.15) is 12.0 Å². The number of aryl methyl sites for hydroxylation is 1. The Morgan fingerprint density at radius 3 is 2.68 bits per heavy atom. The quantitative estimate of drug-likeness (QED) is 0.777. The van der Waals surface area contributed by atoms with Crippen LogP contribution in [-0.2, 0) is 22.0 Å². The Balaban J connectivity index is 2.12. The summed E-state index contributed by atoms with van der Waals surface area (Å²) in [6.45, 7) is 9.59. The molecule has 0 bridgehead atoms. The maximum absolute atomic E-state index is 11.0. The van der Waals surface area contributed by atoms with E-state index in [1.54, 1.807) is 0 Å². The van der Waals surface area contributed by atoms with Gasteiger partial charge in [-0.2, -0.15) is 0 Å². The number of ether oxygens (including phenoxy) is 1. The van der Waals surface area contributed by atoms with Crippen molar-refractivity contribution < 1.29 is 9.53 Å². The molecule has 0 amide bonds.